The summed E-state index contributed by atoms with van der Waals surface area (Å²) in [5, 5.41) is 9.90. The van der Waals surface area contributed by atoms with E-state index in [0.717, 1.165) is 58.7 Å². The monoisotopic (exact) mass is 324 g/mol. The van der Waals surface area contributed by atoms with E-state index in [4.69, 9.17) is 4.74 Å². The Bertz CT molecular complexity index is 414. The molecule has 1 N–H and O–H groups in total. The highest BCUT2D eigenvalue weighted by atomic mass is 16.5. The van der Waals surface area contributed by atoms with Gasteiger partial charge in [-0.2, -0.15) is 0 Å². The van der Waals surface area contributed by atoms with Gasteiger partial charge in [0, 0.05) is 44.6 Å². The van der Waals surface area contributed by atoms with Crippen molar-refractivity contribution >= 4 is 5.91 Å². The molecular formula is C18H32N2O3. The van der Waals surface area contributed by atoms with Crippen molar-refractivity contribution < 1.29 is 14.6 Å². The average Bonchev–Trinajstić information content (AvgIpc) is 2.59. The van der Waals surface area contributed by atoms with Gasteiger partial charge in [0.2, 0.25) is 5.91 Å². The van der Waals surface area contributed by atoms with Crippen molar-refractivity contribution in [1.82, 2.24) is 9.80 Å². The fraction of sp³-hybridized carbons (Fsp3) is 0.833. The Hall–Kier alpha value is -0.910. The van der Waals surface area contributed by atoms with Crippen molar-refractivity contribution in [2.24, 2.45) is 5.41 Å². The number of amides is 1. The number of aliphatic hydroxyl groups excluding tert-OH is 1. The van der Waals surface area contributed by atoms with Crippen LogP contribution >= 0.6 is 0 Å². The lowest BCUT2D eigenvalue weighted by Gasteiger charge is -2.42. The third kappa shape index (κ3) is 5.59. The van der Waals surface area contributed by atoms with Crippen molar-refractivity contribution in [3.63, 3.8) is 0 Å². The molecule has 1 amide bonds. The molecule has 5 nitrogen and oxygen atoms in total. The number of aliphatic hydroxyl groups is 1. The van der Waals surface area contributed by atoms with E-state index < -0.39 is 0 Å². The smallest absolute Gasteiger partial charge is 0.223 e. The van der Waals surface area contributed by atoms with Crippen LogP contribution in [0.2, 0.25) is 0 Å². The van der Waals surface area contributed by atoms with Gasteiger partial charge in [-0.15, -0.1) is 0 Å². The minimum atomic E-state index is -0.149. The summed E-state index contributed by atoms with van der Waals surface area (Å²) in [6.07, 6.45) is 5.61. The lowest BCUT2D eigenvalue weighted by Crippen LogP contribution is -2.48. The molecule has 0 spiro atoms. The van der Waals surface area contributed by atoms with E-state index in [9.17, 15) is 9.90 Å². The quantitative estimate of drug-likeness (QED) is 0.755. The molecule has 23 heavy (non-hydrogen) atoms. The van der Waals surface area contributed by atoms with Crippen molar-refractivity contribution in [3.05, 3.63) is 11.6 Å². The number of carbonyl (C=O) groups excluding carboxylic acids is 1. The Morgan fingerprint density at radius 2 is 2.00 bits per heavy atom. The third-order valence-electron chi connectivity index (χ3n) is 5.04. The largest absolute Gasteiger partial charge is 0.396 e. The van der Waals surface area contributed by atoms with E-state index >= 15 is 0 Å². The van der Waals surface area contributed by atoms with Gasteiger partial charge in [-0.25, -0.2) is 0 Å². The van der Waals surface area contributed by atoms with Gasteiger partial charge in [-0.05, 0) is 33.1 Å². The lowest BCUT2D eigenvalue weighted by atomic mass is 9.77. The predicted molar refractivity (Wildman–Crippen MR) is 91.3 cm³/mol. The first-order valence-electron chi connectivity index (χ1n) is 8.87. The molecule has 0 aromatic carbocycles. The van der Waals surface area contributed by atoms with Crippen LogP contribution in [0.3, 0.4) is 0 Å². The minimum Gasteiger partial charge on any atom is -0.396 e. The second-order valence-electron chi connectivity index (χ2n) is 7.27. The number of nitrogens with zero attached hydrogens (tertiary/aromatic N) is 2. The summed E-state index contributed by atoms with van der Waals surface area (Å²) >= 11 is 0. The molecular weight excluding hydrogens is 292 g/mol. The van der Waals surface area contributed by atoms with Gasteiger partial charge in [-0.1, -0.05) is 11.6 Å². The number of rotatable bonds is 6. The maximum absolute atomic E-state index is 12.6. The van der Waals surface area contributed by atoms with Crippen LogP contribution in [0.4, 0.5) is 0 Å². The van der Waals surface area contributed by atoms with Crippen molar-refractivity contribution in [2.45, 2.75) is 39.5 Å². The van der Waals surface area contributed by atoms with Crippen LogP contribution in [0.5, 0.6) is 0 Å². The number of ether oxygens (including phenoxy) is 1. The fourth-order valence-electron chi connectivity index (χ4n) is 3.44. The van der Waals surface area contributed by atoms with Crippen molar-refractivity contribution in [3.8, 4) is 0 Å². The molecule has 0 aromatic rings. The second kappa shape index (κ2) is 8.81. The molecule has 2 aliphatic rings. The summed E-state index contributed by atoms with van der Waals surface area (Å²) in [6, 6.07) is 0. The topological polar surface area (TPSA) is 53.0 Å². The molecule has 0 radical (unpaired) electrons. The highest BCUT2D eigenvalue weighted by Crippen LogP contribution is 2.34. The SMILES string of the molecule is CC(C)=CC[C@@]1(CO)CCCN(C(=O)CCN2CCOCC2)C1. The molecule has 2 fully saturated rings. The minimum absolute atomic E-state index is 0.149. The Morgan fingerprint density at radius 1 is 1.26 bits per heavy atom. The Morgan fingerprint density at radius 3 is 2.65 bits per heavy atom. The van der Waals surface area contributed by atoms with E-state index in [0.29, 0.717) is 13.0 Å². The summed E-state index contributed by atoms with van der Waals surface area (Å²) in [7, 11) is 0. The highest BCUT2D eigenvalue weighted by molar-refractivity contribution is 5.76. The molecule has 132 valence electrons. The van der Waals surface area contributed by atoms with Gasteiger partial charge in [0.05, 0.1) is 19.8 Å². The number of carbonyl (C=O) groups is 1. The number of piperidine rings is 1. The normalized spacial score (nSPS) is 26.1. The number of allylic oxidation sites excluding steroid dienone is 2. The summed E-state index contributed by atoms with van der Waals surface area (Å²) in [6.45, 7) is 10.1. The molecule has 0 aromatic heterocycles. The summed E-state index contributed by atoms with van der Waals surface area (Å²) in [5.41, 5.74) is 1.12. The van der Waals surface area contributed by atoms with E-state index in [-0.39, 0.29) is 17.9 Å². The summed E-state index contributed by atoms with van der Waals surface area (Å²) in [4.78, 5) is 16.8. The van der Waals surface area contributed by atoms with Crippen molar-refractivity contribution in [2.75, 3.05) is 52.5 Å². The van der Waals surface area contributed by atoms with Gasteiger partial charge < -0.3 is 14.7 Å². The van der Waals surface area contributed by atoms with Crippen LogP contribution < -0.4 is 0 Å². The van der Waals surface area contributed by atoms with E-state index in [2.05, 4.69) is 24.8 Å². The predicted octanol–water partition coefficient (Wildman–Crippen LogP) is 1.67. The van der Waals surface area contributed by atoms with Crippen LogP contribution in [0.1, 0.15) is 39.5 Å². The molecule has 0 saturated carbocycles. The first kappa shape index (κ1) is 18.4. The second-order valence-corrected chi connectivity index (χ2v) is 7.27. The Balaban J connectivity index is 1.85. The van der Waals surface area contributed by atoms with Crippen LogP contribution in [-0.2, 0) is 9.53 Å². The Kier molecular flexibility index (Phi) is 7.06. The third-order valence-corrected chi connectivity index (χ3v) is 5.04. The maximum atomic E-state index is 12.6. The molecule has 0 aliphatic carbocycles. The van der Waals surface area contributed by atoms with Gasteiger partial charge in [0.25, 0.3) is 0 Å². The number of hydrogen-bond donors (Lipinski definition) is 1. The van der Waals surface area contributed by atoms with E-state index in [1.807, 2.05) is 4.90 Å². The van der Waals surface area contributed by atoms with Crippen LogP contribution in [0, 0.1) is 5.41 Å². The molecule has 5 heteroatoms. The number of likely N-dealkylation sites (tertiary alicyclic amines) is 1. The van der Waals surface area contributed by atoms with Crippen LogP contribution in [-0.4, -0.2) is 73.4 Å². The zero-order valence-corrected chi connectivity index (χ0v) is 14.7. The van der Waals surface area contributed by atoms with E-state index in [1.54, 1.807) is 0 Å². The number of hydrogen-bond acceptors (Lipinski definition) is 4. The van der Waals surface area contributed by atoms with Crippen LogP contribution in [0.15, 0.2) is 11.6 Å². The summed E-state index contributed by atoms with van der Waals surface area (Å²) < 4.78 is 5.34. The fourth-order valence-corrected chi connectivity index (χ4v) is 3.44. The zero-order chi connectivity index (χ0) is 16.7. The molecule has 2 aliphatic heterocycles. The first-order chi connectivity index (χ1) is 11.0. The van der Waals surface area contributed by atoms with E-state index in [1.165, 1.54) is 5.57 Å². The average molecular weight is 324 g/mol. The molecule has 0 unspecified atom stereocenters. The summed E-state index contributed by atoms with van der Waals surface area (Å²) in [5.74, 6) is 0.228. The maximum Gasteiger partial charge on any atom is 0.223 e. The standard InChI is InChI=1S/C18H32N2O3/c1-16(2)4-7-18(15-21)6-3-8-20(14-18)17(22)5-9-19-10-12-23-13-11-19/h4,21H,3,5-15H2,1-2H3/t18-/m0/s1. The molecule has 1 atom stereocenters. The molecule has 2 saturated heterocycles. The first-order valence-corrected chi connectivity index (χ1v) is 8.87. The lowest BCUT2D eigenvalue weighted by molar-refractivity contribution is -0.136. The Labute approximate surface area is 140 Å². The van der Waals surface area contributed by atoms with Gasteiger partial charge in [0.15, 0.2) is 0 Å². The van der Waals surface area contributed by atoms with Crippen LogP contribution in [0.25, 0.3) is 0 Å². The highest BCUT2D eigenvalue weighted by Gasteiger charge is 2.35. The molecule has 2 rings (SSSR count). The zero-order valence-electron chi connectivity index (χ0n) is 14.7. The van der Waals surface area contributed by atoms with Crippen molar-refractivity contribution in [1.29, 1.82) is 0 Å². The van der Waals surface area contributed by atoms with Gasteiger partial charge in [-0.3, -0.25) is 9.69 Å². The molecule has 2 heterocycles. The molecule has 0 bridgehead atoms. The van der Waals surface area contributed by atoms with Gasteiger partial charge >= 0.3 is 0 Å². The number of morpholine rings is 1. The van der Waals surface area contributed by atoms with Gasteiger partial charge in [0.1, 0.15) is 0 Å².